The molecule has 0 fully saturated rings. The summed E-state index contributed by atoms with van der Waals surface area (Å²) in [7, 11) is 0. The van der Waals surface area contributed by atoms with Gasteiger partial charge in [0.2, 0.25) is 0 Å². The zero-order valence-corrected chi connectivity index (χ0v) is 14.6. The minimum atomic E-state index is -0.762. The molecule has 25 heavy (non-hydrogen) atoms. The number of hydrogen-bond acceptors (Lipinski definition) is 4. The predicted molar refractivity (Wildman–Crippen MR) is 98.1 cm³/mol. The molecule has 5 nitrogen and oxygen atoms in total. The van der Waals surface area contributed by atoms with Crippen molar-refractivity contribution in [3.8, 4) is 5.75 Å². The van der Waals surface area contributed by atoms with E-state index in [2.05, 4.69) is 5.32 Å². The van der Waals surface area contributed by atoms with Gasteiger partial charge in [0.15, 0.2) is 0 Å². The molecule has 7 heteroatoms. The van der Waals surface area contributed by atoms with Crippen LogP contribution in [0.15, 0.2) is 51.7 Å². The van der Waals surface area contributed by atoms with Gasteiger partial charge in [-0.3, -0.25) is 4.79 Å². The van der Waals surface area contributed by atoms with E-state index >= 15 is 0 Å². The molecule has 128 valence electrons. The first-order chi connectivity index (χ1) is 12.0. The Morgan fingerprint density at radius 2 is 1.88 bits per heavy atom. The second-order valence-electron chi connectivity index (χ2n) is 5.13. The van der Waals surface area contributed by atoms with Crippen LogP contribution < -0.4 is 15.7 Å². The summed E-state index contributed by atoms with van der Waals surface area (Å²) in [6.45, 7) is 2.35. The van der Waals surface area contributed by atoms with Crippen LogP contribution in [0.3, 0.4) is 0 Å². The van der Waals surface area contributed by atoms with Gasteiger partial charge in [0.1, 0.15) is 16.9 Å². The summed E-state index contributed by atoms with van der Waals surface area (Å²) in [6.07, 6.45) is 0. The molecule has 0 radical (unpaired) electrons. The van der Waals surface area contributed by atoms with Gasteiger partial charge in [-0.25, -0.2) is 4.79 Å². The number of carbonyl (C=O) groups excluding carboxylic acids is 1. The van der Waals surface area contributed by atoms with Crippen LogP contribution in [0.5, 0.6) is 5.75 Å². The number of nitrogens with one attached hydrogen (secondary N) is 1. The lowest BCUT2D eigenvalue weighted by Gasteiger charge is -2.09. The average Bonchev–Trinajstić information content (AvgIpc) is 2.57. The van der Waals surface area contributed by atoms with Gasteiger partial charge in [0, 0.05) is 11.5 Å². The number of anilines is 1. The van der Waals surface area contributed by atoms with E-state index in [1.807, 2.05) is 6.92 Å². The molecule has 3 rings (SSSR count). The van der Waals surface area contributed by atoms with Gasteiger partial charge >= 0.3 is 5.63 Å². The van der Waals surface area contributed by atoms with Crippen LogP contribution in [0.2, 0.25) is 10.0 Å². The Hall–Kier alpha value is -2.50. The van der Waals surface area contributed by atoms with Crippen LogP contribution in [0.1, 0.15) is 17.3 Å². The van der Waals surface area contributed by atoms with E-state index in [1.165, 1.54) is 6.07 Å². The maximum atomic E-state index is 12.4. The molecule has 1 amide bonds. The average molecular weight is 378 g/mol. The monoisotopic (exact) mass is 377 g/mol. The van der Waals surface area contributed by atoms with Crippen LogP contribution in [0.4, 0.5) is 5.69 Å². The molecule has 1 N–H and O–H groups in total. The highest BCUT2D eigenvalue weighted by atomic mass is 35.5. The van der Waals surface area contributed by atoms with Crippen LogP contribution in [-0.2, 0) is 0 Å². The smallest absolute Gasteiger partial charge is 0.349 e. The zero-order valence-electron chi connectivity index (χ0n) is 13.1. The van der Waals surface area contributed by atoms with Crippen molar-refractivity contribution < 1.29 is 13.9 Å². The third-order valence-electron chi connectivity index (χ3n) is 3.46. The Morgan fingerprint density at radius 3 is 2.56 bits per heavy atom. The second-order valence-corrected chi connectivity index (χ2v) is 5.95. The first kappa shape index (κ1) is 17.3. The van der Waals surface area contributed by atoms with Crippen LogP contribution in [0.25, 0.3) is 11.0 Å². The number of amides is 1. The lowest BCUT2D eigenvalue weighted by molar-refractivity contribution is 0.102. The molecule has 0 saturated heterocycles. The summed E-state index contributed by atoms with van der Waals surface area (Å²) >= 11 is 12.1. The Bertz CT molecular complexity index is 993. The van der Waals surface area contributed by atoms with Gasteiger partial charge in [-0.05, 0) is 37.3 Å². The van der Waals surface area contributed by atoms with Crippen molar-refractivity contribution in [1.29, 1.82) is 0 Å². The molecule has 3 aromatic rings. The van der Waals surface area contributed by atoms with E-state index in [-0.39, 0.29) is 21.3 Å². The number of rotatable bonds is 4. The minimum Gasteiger partial charge on any atom is -0.494 e. The van der Waals surface area contributed by atoms with E-state index in [9.17, 15) is 9.59 Å². The largest absolute Gasteiger partial charge is 0.494 e. The molecule has 2 aromatic carbocycles. The maximum Gasteiger partial charge on any atom is 0.349 e. The molecule has 0 spiro atoms. The quantitative estimate of drug-likeness (QED) is 0.666. The molecule has 0 aliphatic carbocycles. The van der Waals surface area contributed by atoms with Gasteiger partial charge in [0.05, 0.1) is 22.3 Å². The Balaban J connectivity index is 1.98. The number of para-hydroxylation sites is 1. The summed E-state index contributed by atoms with van der Waals surface area (Å²) in [6, 6.07) is 11.3. The van der Waals surface area contributed by atoms with Crippen molar-refractivity contribution in [1.82, 2.24) is 0 Å². The molecule has 0 bridgehead atoms. The van der Waals surface area contributed by atoms with Crippen molar-refractivity contribution >= 4 is 45.8 Å². The first-order valence-corrected chi connectivity index (χ1v) is 8.21. The standard InChI is InChI=1S/C18H13Cl2NO4/c1-2-24-11-7-6-10-8-12(18(23)25-15(10)9-11)17(22)21-16-13(19)4-3-5-14(16)20/h3-9H,2H2,1H3,(H,21,22). The molecule has 0 aliphatic heterocycles. The lowest BCUT2D eigenvalue weighted by Crippen LogP contribution is -2.21. The number of benzene rings is 2. The Morgan fingerprint density at radius 1 is 1.16 bits per heavy atom. The third kappa shape index (κ3) is 3.62. The molecule has 0 aliphatic rings. The summed E-state index contributed by atoms with van der Waals surface area (Å²) in [5.74, 6) is -0.0715. The minimum absolute atomic E-state index is 0.146. The summed E-state index contributed by atoms with van der Waals surface area (Å²) in [4.78, 5) is 24.6. The predicted octanol–water partition coefficient (Wildman–Crippen LogP) is 4.75. The Kier molecular flexibility index (Phi) is 4.97. The van der Waals surface area contributed by atoms with Crippen LogP contribution >= 0.6 is 23.2 Å². The van der Waals surface area contributed by atoms with E-state index < -0.39 is 11.5 Å². The van der Waals surface area contributed by atoms with Crippen molar-refractivity contribution in [3.05, 3.63) is 68.5 Å². The highest BCUT2D eigenvalue weighted by molar-refractivity contribution is 6.40. The SMILES string of the molecule is CCOc1ccc2cc(C(=O)Nc3c(Cl)cccc3Cl)c(=O)oc2c1. The topological polar surface area (TPSA) is 68.5 Å². The summed E-state index contributed by atoms with van der Waals surface area (Å²) in [5, 5.41) is 3.68. The summed E-state index contributed by atoms with van der Waals surface area (Å²) in [5.41, 5.74) is -0.334. The highest BCUT2D eigenvalue weighted by Gasteiger charge is 2.17. The molecule has 1 aromatic heterocycles. The Labute approximate surface area is 153 Å². The van der Waals surface area contributed by atoms with Gasteiger partial charge in [-0.1, -0.05) is 29.3 Å². The van der Waals surface area contributed by atoms with E-state index in [4.69, 9.17) is 32.4 Å². The van der Waals surface area contributed by atoms with E-state index in [1.54, 1.807) is 36.4 Å². The molecule has 0 atom stereocenters. The molecular formula is C18H13Cl2NO4. The molecule has 1 heterocycles. The summed E-state index contributed by atoms with van der Waals surface area (Å²) < 4.78 is 10.6. The number of hydrogen-bond donors (Lipinski definition) is 1. The van der Waals surface area contributed by atoms with Crippen molar-refractivity contribution in [3.63, 3.8) is 0 Å². The fourth-order valence-electron chi connectivity index (χ4n) is 2.30. The van der Waals surface area contributed by atoms with E-state index in [0.717, 1.165) is 0 Å². The first-order valence-electron chi connectivity index (χ1n) is 7.45. The number of ether oxygens (including phenoxy) is 1. The van der Waals surface area contributed by atoms with Crippen LogP contribution in [0, 0.1) is 0 Å². The van der Waals surface area contributed by atoms with Crippen molar-refractivity contribution in [2.75, 3.05) is 11.9 Å². The fraction of sp³-hybridized carbons (Fsp3) is 0.111. The van der Waals surface area contributed by atoms with Crippen molar-refractivity contribution in [2.24, 2.45) is 0 Å². The molecule has 0 saturated carbocycles. The van der Waals surface area contributed by atoms with Gasteiger partial charge in [-0.2, -0.15) is 0 Å². The zero-order chi connectivity index (χ0) is 18.0. The normalized spacial score (nSPS) is 10.7. The van der Waals surface area contributed by atoms with Crippen molar-refractivity contribution in [2.45, 2.75) is 6.92 Å². The number of fused-ring (bicyclic) bond motifs is 1. The number of halogens is 2. The second kappa shape index (κ2) is 7.17. The maximum absolute atomic E-state index is 12.4. The highest BCUT2D eigenvalue weighted by Crippen LogP contribution is 2.30. The van der Waals surface area contributed by atoms with E-state index in [0.29, 0.717) is 23.3 Å². The lowest BCUT2D eigenvalue weighted by atomic mass is 10.1. The fourth-order valence-corrected chi connectivity index (χ4v) is 2.80. The van der Waals surface area contributed by atoms with Gasteiger partial charge in [-0.15, -0.1) is 0 Å². The van der Waals surface area contributed by atoms with Gasteiger partial charge in [0.25, 0.3) is 5.91 Å². The molecule has 0 unspecified atom stereocenters. The molecular weight excluding hydrogens is 365 g/mol. The van der Waals surface area contributed by atoms with Gasteiger partial charge < -0.3 is 14.5 Å². The third-order valence-corrected chi connectivity index (χ3v) is 4.09. The number of carbonyl (C=O) groups is 1. The van der Waals surface area contributed by atoms with Crippen LogP contribution in [-0.4, -0.2) is 12.5 Å².